The van der Waals surface area contributed by atoms with Gasteiger partial charge in [0.15, 0.2) is 0 Å². The van der Waals surface area contributed by atoms with Crippen molar-refractivity contribution in [2.75, 3.05) is 13.2 Å². The summed E-state index contributed by atoms with van der Waals surface area (Å²) in [4.78, 5) is 17.9. The van der Waals surface area contributed by atoms with Gasteiger partial charge in [-0.25, -0.2) is 0 Å². The second-order valence-corrected chi connectivity index (χ2v) is 4.46. The van der Waals surface area contributed by atoms with Crippen LogP contribution >= 0.6 is 0 Å². The van der Waals surface area contributed by atoms with Gasteiger partial charge in [0.25, 0.3) is 0 Å². The molecule has 2 atom stereocenters. The molecule has 0 aliphatic carbocycles. The number of pyridine rings is 1. The van der Waals surface area contributed by atoms with E-state index in [0.29, 0.717) is 6.61 Å². The van der Waals surface area contributed by atoms with Gasteiger partial charge in [0.1, 0.15) is 0 Å². The van der Waals surface area contributed by atoms with Crippen molar-refractivity contribution in [3.05, 3.63) is 36.2 Å². The molecule has 2 saturated heterocycles. The molecule has 2 aliphatic rings. The first-order chi connectivity index (χ1) is 8.33. The lowest BCUT2D eigenvalue weighted by Crippen LogP contribution is -2.40. The first kappa shape index (κ1) is 10.5. The fourth-order valence-electron chi connectivity index (χ4n) is 2.41. The molecular weight excluding hydrogens is 216 g/mol. The third-order valence-corrected chi connectivity index (χ3v) is 3.29. The molecule has 0 radical (unpaired) electrons. The summed E-state index contributed by atoms with van der Waals surface area (Å²) in [6, 6.07) is 4.07. The SMILES string of the molecule is O=C(/C=C/c1cccnc1)N1CC2CC1CO2. The number of nitrogens with zero attached hydrogens (tertiary/aromatic N) is 2. The summed E-state index contributed by atoms with van der Waals surface area (Å²) in [6.07, 6.45) is 8.14. The molecule has 88 valence electrons. The van der Waals surface area contributed by atoms with Gasteiger partial charge in [0.05, 0.1) is 18.8 Å². The van der Waals surface area contributed by atoms with Gasteiger partial charge >= 0.3 is 0 Å². The maximum atomic E-state index is 12.0. The number of hydrogen-bond acceptors (Lipinski definition) is 3. The molecule has 0 spiro atoms. The Labute approximate surface area is 99.9 Å². The number of ether oxygens (including phenoxy) is 1. The van der Waals surface area contributed by atoms with Crippen LogP contribution in [0, 0.1) is 0 Å². The lowest BCUT2D eigenvalue weighted by atomic mass is 10.2. The Bertz CT molecular complexity index is 444. The molecule has 0 aromatic carbocycles. The summed E-state index contributed by atoms with van der Waals surface area (Å²) in [5.41, 5.74) is 0.946. The summed E-state index contributed by atoms with van der Waals surface area (Å²) in [5, 5.41) is 0. The first-order valence-corrected chi connectivity index (χ1v) is 5.83. The van der Waals surface area contributed by atoms with Gasteiger partial charge in [-0.2, -0.15) is 0 Å². The van der Waals surface area contributed by atoms with E-state index in [-0.39, 0.29) is 18.1 Å². The molecule has 4 nitrogen and oxygen atoms in total. The molecular formula is C13H14N2O2. The summed E-state index contributed by atoms with van der Waals surface area (Å²) in [5.74, 6) is 0.0738. The molecule has 17 heavy (non-hydrogen) atoms. The fraction of sp³-hybridized carbons (Fsp3) is 0.385. The van der Waals surface area contributed by atoms with Crippen molar-refractivity contribution in [2.24, 2.45) is 0 Å². The van der Waals surface area contributed by atoms with E-state index in [1.165, 1.54) is 0 Å². The molecule has 2 aliphatic heterocycles. The number of hydrogen-bond donors (Lipinski definition) is 0. The number of fused-ring (bicyclic) bond motifs is 2. The van der Waals surface area contributed by atoms with Gasteiger partial charge in [-0.15, -0.1) is 0 Å². The zero-order chi connectivity index (χ0) is 11.7. The number of aromatic nitrogens is 1. The molecule has 2 fully saturated rings. The summed E-state index contributed by atoms with van der Waals surface area (Å²) in [6.45, 7) is 1.43. The topological polar surface area (TPSA) is 42.4 Å². The normalized spacial score (nSPS) is 26.9. The van der Waals surface area contributed by atoms with Crippen molar-refractivity contribution in [2.45, 2.75) is 18.6 Å². The van der Waals surface area contributed by atoms with Crippen molar-refractivity contribution in [1.82, 2.24) is 9.88 Å². The zero-order valence-corrected chi connectivity index (χ0v) is 9.45. The molecule has 1 aromatic heterocycles. The van der Waals surface area contributed by atoms with E-state index in [9.17, 15) is 4.79 Å². The Morgan fingerprint density at radius 1 is 1.59 bits per heavy atom. The third-order valence-electron chi connectivity index (χ3n) is 3.29. The lowest BCUT2D eigenvalue weighted by molar-refractivity contribution is -0.130. The van der Waals surface area contributed by atoms with Gasteiger partial charge in [-0.05, 0) is 24.1 Å². The highest BCUT2D eigenvalue weighted by molar-refractivity contribution is 5.92. The van der Waals surface area contributed by atoms with Crippen molar-refractivity contribution in [1.29, 1.82) is 0 Å². The van der Waals surface area contributed by atoms with Crippen LogP contribution in [0.2, 0.25) is 0 Å². The minimum atomic E-state index is 0.0738. The average Bonchev–Trinajstić information content (AvgIpc) is 2.99. The number of likely N-dealkylation sites (tertiary alicyclic amines) is 1. The van der Waals surface area contributed by atoms with E-state index in [1.54, 1.807) is 18.5 Å². The molecule has 4 heteroatoms. The van der Waals surface area contributed by atoms with E-state index in [1.807, 2.05) is 23.1 Å². The van der Waals surface area contributed by atoms with Gasteiger partial charge in [-0.1, -0.05) is 6.07 Å². The predicted molar refractivity (Wildman–Crippen MR) is 63.1 cm³/mol. The fourth-order valence-corrected chi connectivity index (χ4v) is 2.41. The number of amides is 1. The van der Waals surface area contributed by atoms with E-state index in [2.05, 4.69) is 4.98 Å². The molecule has 3 heterocycles. The number of carbonyl (C=O) groups is 1. The Morgan fingerprint density at radius 2 is 2.53 bits per heavy atom. The van der Waals surface area contributed by atoms with Crippen LogP contribution in [0.15, 0.2) is 30.6 Å². The first-order valence-electron chi connectivity index (χ1n) is 5.83. The summed E-state index contributed by atoms with van der Waals surface area (Å²) >= 11 is 0. The van der Waals surface area contributed by atoms with Crippen LogP contribution in [0.3, 0.4) is 0 Å². The molecule has 1 amide bonds. The molecule has 0 N–H and O–H groups in total. The van der Waals surface area contributed by atoms with Crippen LogP contribution in [0.4, 0.5) is 0 Å². The maximum absolute atomic E-state index is 12.0. The van der Waals surface area contributed by atoms with E-state index < -0.39 is 0 Å². The highest BCUT2D eigenvalue weighted by atomic mass is 16.5. The summed E-state index contributed by atoms with van der Waals surface area (Å²) < 4.78 is 5.47. The Morgan fingerprint density at radius 3 is 3.18 bits per heavy atom. The van der Waals surface area contributed by atoms with Crippen LogP contribution < -0.4 is 0 Å². The van der Waals surface area contributed by atoms with E-state index in [4.69, 9.17) is 4.74 Å². The minimum absolute atomic E-state index is 0.0738. The highest BCUT2D eigenvalue weighted by Gasteiger charge is 2.40. The minimum Gasteiger partial charge on any atom is -0.374 e. The quantitative estimate of drug-likeness (QED) is 0.714. The molecule has 0 saturated carbocycles. The van der Waals surface area contributed by atoms with Gasteiger partial charge in [0.2, 0.25) is 5.91 Å². The Hall–Kier alpha value is -1.68. The van der Waals surface area contributed by atoms with Gasteiger partial charge in [-0.3, -0.25) is 9.78 Å². The van der Waals surface area contributed by atoms with Gasteiger partial charge < -0.3 is 9.64 Å². The predicted octanol–water partition coefficient (Wildman–Crippen LogP) is 1.09. The van der Waals surface area contributed by atoms with Crippen LogP contribution in [0.1, 0.15) is 12.0 Å². The van der Waals surface area contributed by atoms with Crippen molar-refractivity contribution >= 4 is 12.0 Å². The van der Waals surface area contributed by atoms with Crippen LogP contribution in [-0.4, -0.2) is 41.1 Å². The molecule has 2 unspecified atom stereocenters. The smallest absolute Gasteiger partial charge is 0.246 e. The van der Waals surface area contributed by atoms with E-state index in [0.717, 1.165) is 18.5 Å². The zero-order valence-electron chi connectivity index (χ0n) is 9.45. The third kappa shape index (κ3) is 2.08. The van der Waals surface area contributed by atoms with Crippen molar-refractivity contribution in [3.63, 3.8) is 0 Å². The number of carbonyl (C=O) groups excluding carboxylic acids is 1. The van der Waals surface area contributed by atoms with Gasteiger partial charge in [0, 0.05) is 25.0 Å². The van der Waals surface area contributed by atoms with Crippen LogP contribution in [0.25, 0.3) is 6.08 Å². The second-order valence-electron chi connectivity index (χ2n) is 4.46. The maximum Gasteiger partial charge on any atom is 0.246 e. The van der Waals surface area contributed by atoms with Crippen molar-refractivity contribution in [3.8, 4) is 0 Å². The monoisotopic (exact) mass is 230 g/mol. The Kier molecular flexibility index (Phi) is 2.65. The number of rotatable bonds is 2. The lowest BCUT2D eigenvalue weighted by Gasteiger charge is -2.25. The molecule has 2 bridgehead atoms. The standard InChI is InChI=1S/C13H14N2O2/c16-13(4-3-10-2-1-5-14-7-10)15-8-12-6-11(15)9-17-12/h1-5,7,11-12H,6,8-9H2/b4-3+. The molecule has 3 rings (SSSR count). The molecule has 1 aromatic rings. The highest BCUT2D eigenvalue weighted by Crippen LogP contribution is 2.27. The van der Waals surface area contributed by atoms with Crippen molar-refractivity contribution < 1.29 is 9.53 Å². The largest absolute Gasteiger partial charge is 0.374 e. The van der Waals surface area contributed by atoms with E-state index >= 15 is 0 Å². The summed E-state index contributed by atoms with van der Waals surface area (Å²) in [7, 11) is 0. The van der Waals surface area contributed by atoms with Crippen LogP contribution in [-0.2, 0) is 9.53 Å². The Balaban J connectivity index is 1.66. The number of morpholine rings is 1. The van der Waals surface area contributed by atoms with Crippen LogP contribution in [0.5, 0.6) is 0 Å². The second kappa shape index (κ2) is 4.30. The average molecular weight is 230 g/mol.